The van der Waals surface area contributed by atoms with Crippen LogP contribution in [0.25, 0.3) is 0 Å². The van der Waals surface area contributed by atoms with Gasteiger partial charge in [-0.05, 0) is 86.5 Å². The van der Waals surface area contributed by atoms with E-state index in [0.29, 0.717) is 6.04 Å². The number of aliphatic hydroxyl groups is 1. The topological polar surface area (TPSA) is 41.5 Å². The van der Waals surface area contributed by atoms with Gasteiger partial charge in [-0.3, -0.25) is 0 Å². The summed E-state index contributed by atoms with van der Waals surface area (Å²) in [5, 5.41) is 15.2. The number of ether oxygens (including phenoxy) is 1. The molecule has 1 aliphatic heterocycles. The van der Waals surface area contributed by atoms with E-state index >= 15 is 0 Å². The first-order valence-corrected chi connectivity index (χ1v) is 10.9. The van der Waals surface area contributed by atoms with Crippen molar-refractivity contribution in [2.45, 2.75) is 88.3 Å². The molecule has 1 aromatic rings. The van der Waals surface area contributed by atoms with Crippen LogP contribution < -0.4 is 10.1 Å². The normalized spacial score (nSPS) is 39.3. The van der Waals surface area contributed by atoms with Crippen LogP contribution in [0.4, 0.5) is 0 Å². The van der Waals surface area contributed by atoms with Crippen LogP contribution in [0.3, 0.4) is 0 Å². The lowest BCUT2D eigenvalue weighted by molar-refractivity contribution is -0.00953. The van der Waals surface area contributed by atoms with Gasteiger partial charge in [0, 0.05) is 12.1 Å². The lowest BCUT2D eigenvalue weighted by Gasteiger charge is -2.38. The van der Waals surface area contributed by atoms with E-state index in [1.807, 2.05) is 0 Å². The minimum Gasteiger partial charge on any atom is -0.493 e. The summed E-state index contributed by atoms with van der Waals surface area (Å²) in [6.07, 6.45) is 13.3. The molecular weight excluding hydrogens is 322 g/mol. The third kappa shape index (κ3) is 3.18. The van der Waals surface area contributed by atoms with Crippen LogP contribution in [0.15, 0.2) is 18.2 Å². The first-order valence-electron chi connectivity index (χ1n) is 10.9. The molecule has 1 heterocycles. The molecule has 4 aliphatic rings. The lowest BCUT2D eigenvalue weighted by Crippen LogP contribution is -2.43. The average Bonchev–Trinajstić information content (AvgIpc) is 3.25. The van der Waals surface area contributed by atoms with Gasteiger partial charge in [0.15, 0.2) is 0 Å². The van der Waals surface area contributed by atoms with Gasteiger partial charge in [-0.2, -0.15) is 0 Å². The Morgan fingerprint density at radius 3 is 2.50 bits per heavy atom. The second kappa shape index (κ2) is 6.83. The summed E-state index contributed by atoms with van der Waals surface area (Å²) in [5.41, 5.74) is 1.74. The van der Waals surface area contributed by atoms with Crippen molar-refractivity contribution in [3.8, 4) is 5.75 Å². The summed E-state index contributed by atoms with van der Waals surface area (Å²) < 4.78 is 5.73. The Bertz CT molecular complexity index is 638. The van der Waals surface area contributed by atoms with Crippen molar-refractivity contribution in [3.05, 3.63) is 29.3 Å². The van der Waals surface area contributed by atoms with Gasteiger partial charge >= 0.3 is 0 Å². The molecule has 3 aliphatic carbocycles. The van der Waals surface area contributed by atoms with Gasteiger partial charge in [0.05, 0.1) is 12.2 Å². The second-order valence-electron chi connectivity index (χ2n) is 9.37. The zero-order valence-corrected chi connectivity index (χ0v) is 15.9. The van der Waals surface area contributed by atoms with Crippen molar-refractivity contribution in [1.82, 2.24) is 5.32 Å². The molecule has 0 radical (unpaired) electrons. The van der Waals surface area contributed by atoms with Gasteiger partial charge in [0.2, 0.25) is 0 Å². The molecule has 2 N–H and O–H groups in total. The Labute approximate surface area is 157 Å². The zero-order valence-electron chi connectivity index (χ0n) is 15.9. The maximum Gasteiger partial charge on any atom is 0.122 e. The predicted molar refractivity (Wildman–Crippen MR) is 103 cm³/mol. The first-order chi connectivity index (χ1) is 12.7. The summed E-state index contributed by atoms with van der Waals surface area (Å²) >= 11 is 0. The van der Waals surface area contributed by atoms with Crippen molar-refractivity contribution in [3.63, 3.8) is 0 Å². The second-order valence-corrected chi connectivity index (χ2v) is 9.37. The van der Waals surface area contributed by atoms with Crippen LogP contribution in [-0.4, -0.2) is 23.8 Å². The molecular formula is C23H33NO2. The molecule has 0 bridgehead atoms. The molecule has 2 atom stereocenters. The van der Waals surface area contributed by atoms with E-state index in [2.05, 4.69) is 23.5 Å². The zero-order chi connectivity index (χ0) is 17.6. The lowest BCUT2D eigenvalue weighted by atomic mass is 9.77. The summed E-state index contributed by atoms with van der Waals surface area (Å²) in [6.45, 7) is 0.826. The first kappa shape index (κ1) is 17.1. The van der Waals surface area contributed by atoms with E-state index in [4.69, 9.17) is 4.74 Å². The van der Waals surface area contributed by atoms with Crippen LogP contribution in [0.2, 0.25) is 0 Å². The van der Waals surface area contributed by atoms with Crippen LogP contribution in [0, 0.1) is 11.8 Å². The van der Waals surface area contributed by atoms with Crippen molar-refractivity contribution in [1.29, 1.82) is 0 Å². The Hall–Kier alpha value is -1.06. The average molecular weight is 356 g/mol. The van der Waals surface area contributed by atoms with Crippen molar-refractivity contribution >= 4 is 0 Å². The number of hydrogen-bond acceptors (Lipinski definition) is 3. The third-order valence-electron chi connectivity index (χ3n) is 7.72. The smallest absolute Gasteiger partial charge is 0.122 e. The van der Waals surface area contributed by atoms with Gasteiger partial charge in [0.25, 0.3) is 0 Å². The van der Waals surface area contributed by atoms with Gasteiger partial charge in [-0.1, -0.05) is 25.3 Å². The summed E-state index contributed by atoms with van der Waals surface area (Å²) in [7, 11) is 0. The van der Waals surface area contributed by atoms with Gasteiger partial charge < -0.3 is 15.2 Å². The fourth-order valence-corrected chi connectivity index (χ4v) is 6.23. The molecule has 3 heteroatoms. The molecule has 0 saturated heterocycles. The van der Waals surface area contributed by atoms with E-state index < -0.39 is 5.60 Å². The molecule has 0 spiro atoms. The van der Waals surface area contributed by atoms with E-state index in [1.165, 1.54) is 37.7 Å². The quantitative estimate of drug-likeness (QED) is 0.849. The standard InChI is InChI=1S/C23H33NO2/c25-23(19-6-7-22-18(13-19)5-2-12-26-22)10-8-20(9-11-23)24-21-14-16-3-1-4-17(16)15-21/h6-7,13,16-17,20-21,24-25H,1-5,8-12,14-15H2. The minimum atomic E-state index is -0.642. The van der Waals surface area contributed by atoms with Gasteiger partial charge in [0.1, 0.15) is 5.75 Å². The molecule has 3 nitrogen and oxygen atoms in total. The maximum atomic E-state index is 11.3. The summed E-state index contributed by atoms with van der Waals surface area (Å²) in [6, 6.07) is 7.71. The minimum absolute atomic E-state index is 0.597. The van der Waals surface area contributed by atoms with Crippen LogP contribution in [0.5, 0.6) is 5.75 Å². The number of aryl methyl sites for hydroxylation is 1. The molecule has 0 amide bonds. The maximum absolute atomic E-state index is 11.3. The highest BCUT2D eigenvalue weighted by Gasteiger charge is 2.40. The van der Waals surface area contributed by atoms with E-state index in [9.17, 15) is 5.11 Å². The molecule has 0 aromatic heterocycles. The van der Waals surface area contributed by atoms with Gasteiger partial charge in [-0.15, -0.1) is 0 Å². The van der Waals surface area contributed by atoms with E-state index in [0.717, 1.165) is 74.3 Å². The van der Waals surface area contributed by atoms with Crippen LogP contribution in [-0.2, 0) is 12.0 Å². The fraction of sp³-hybridized carbons (Fsp3) is 0.739. The summed E-state index contributed by atoms with van der Waals surface area (Å²) in [4.78, 5) is 0. The SMILES string of the molecule is OC1(c2ccc3c(c2)CCCO3)CCC(NC2CC3CCCC3C2)CC1. The highest BCUT2D eigenvalue weighted by Crippen LogP contribution is 2.45. The fourth-order valence-electron chi connectivity index (χ4n) is 6.23. The van der Waals surface area contributed by atoms with Crippen molar-refractivity contribution < 1.29 is 9.84 Å². The number of fused-ring (bicyclic) bond motifs is 2. The number of benzene rings is 1. The molecule has 5 rings (SSSR count). The largest absolute Gasteiger partial charge is 0.493 e. The van der Waals surface area contributed by atoms with Crippen LogP contribution in [0.1, 0.15) is 75.3 Å². The molecule has 142 valence electrons. The van der Waals surface area contributed by atoms with E-state index in [1.54, 1.807) is 0 Å². The Balaban J connectivity index is 1.19. The highest BCUT2D eigenvalue weighted by molar-refractivity contribution is 5.40. The molecule has 3 fully saturated rings. The highest BCUT2D eigenvalue weighted by atomic mass is 16.5. The third-order valence-corrected chi connectivity index (χ3v) is 7.72. The number of rotatable bonds is 3. The number of nitrogens with one attached hydrogen (secondary N) is 1. The predicted octanol–water partition coefficient (Wildman–Crippen LogP) is 4.31. The Morgan fingerprint density at radius 1 is 0.962 bits per heavy atom. The molecule has 3 saturated carbocycles. The Kier molecular flexibility index (Phi) is 4.48. The Morgan fingerprint density at radius 2 is 1.73 bits per heavy atom. The number of hydrogen-bond donors (Lipinski definition) is 2. The molecule has 1 aromatic carbocycles. The van der Waals surface area contributed by atoms with Crippen molar-refractivity contribution in [2.24, 2.45) is 11.8 Å². The van der Waals surface area contributed by atoms with E-state index in [-0.39, 0.29) is 0 Å². The van der Waals surface area contributed by atoms with Gasteiger partial charge in [-0.25, -0.2) is 0 Å². The molecule has 2 unspecified atom stereocenters. The summed E-state index contributed by atoms with van der Waals surface area (Å²) in [5.74, 6) is 3.03. The van der Waals surface area contributed by atoms with Crippen LogP contribution >= 0.6 is 0 Å². The van der Waals surface area contributed by atoms with Crippen molar-refractivity contribution in [2.75, 3.05) is 6.61 Å². The molecule has 26 heavy (non-hydrogen) atoms. The monoisotopic (exact) mass is 355 g/mol.